The van der Waals surface area contributed by atoms with Crippen LogP contribution in [0.3, 0.4) is 0 Å². The number of sulfonamides is 1. The van der Waals surface area contributed by atoms with Gasteiger partial charge in [0.05, 0.1) is 24.8 Å². The molecule has 0 unspecified atom stereocenters. The summed E-state index contributed by atoms with van der Waals surface area (Å²) in [6.07, 6.45) is 0. The van der Waals surface area contributed by atoms with Crippen molar-refractivity contribution in [3.05, 3.63) is 48.3 Å². The van der Waals surface area contributed by atoms with Gasteiger partial charge in [-0.15, -0.1) is 0 Å². The third-order valence-electron chi connectivity index (χ3n) is 3.34. The van der Waals surface area contributed by atoms with Crippen LogP contribution < -0.4 is 13.8 Å². The minimum absolute atomic E-state index is 0.00613. The quantitative estimate of drug-likeness (QED) is 0.812. The second-order valence-corrected chi connectivity index (χ2v) is 6.53. The second-order valence-electron chi connectivity index (χ2n) is 4.67. The fourth-order valence-corrected chi connectivity index (χ4v) is 3.67. The number of rotatable bonds is 6. The Bertz CT molecular complexity index is 792. The van der Waals surface area contributed by atoms with Crippen LogP contribution in [0.25, 0.3) is 0 Å². The number of ether oxygens (including phenoxy) is 2. The summed E-state index contributed by atoms with van der Waals surface area (Å²) in [5, 5.41) is 0. The van der Waals surface area contributed by atoms with E-state index < -0.39 is 15.8 Å². The zero-order valence-electron chi connectivity index (χ0n) is 13.1. The smallest absolute Gasteiger partial charge is 0.264 e. The summed E-state index contributed by atoms with van der Waals surface area (Å²) in [5.41, 5.74) is 0.447. The number of nitrogens with zero attached hydrogens (tertiary/aromatic N) is 1. The lowest BCUT2D eigenvalue weighted by molar-refractivity contribution is 0.385. The van der Waals surface area contributed by atoms with Crippen LogP contribution in [0.5, 0.6) is 11.5 Å². The van der Waals surface area contributed by atoms with Crippen LogP contribution in [0.1, 0.15) is 6.92 Å². The van der Waals surface area contributed by atoms with E-state index in [2.05, 4.69) is 0 Å². The van der Waals surface area contributed by atoms with E-state index in [0.717, 1.165) is 6.07 Å². The molecule has 0 aliphatic rings. The molecule has 0 heterocycles. The number of hydrogen-bond donors (Lipinski definition) is 0. The summed E-state index contributed by atoms with van der Waals surface area (Å²) in [4.78, 5) is -0.138. The van der Waals surface area contributed by atoms with Gasteiger partial charge in [-0.25, -0.2) is 12.8 Å². The monoisotopic (exact) mass is 339 g/mol. The molecule has 0 N–H and O–H groups in total. The molecule has 0 aliphatic heterocycles. The van der Waals surface area contributed by atoms with E-state index in [9.17, 15) is 12.8 Å². The molecule has 0 bridgehead atoms. The Morgan fingerprint density at radius 2 is 1.83 bits per heavy atom. The lowest BCUT2D eigenvalue weighted by Gasteiger charge is -2.23. The average Bonchev–Trinajstić information content (AvgIpc) is 2.55. The molecule has 5 nitrogen and oxygen atoms in total. The van der Waals surface area contributed by atoms with Gasteiger partial charge in [0.1, 0.15) is 5.75 Å². The molecular weight excluding hydrogens is 321 g/mol. The fourth-order valence-electron chi connectivity index (χ4n) is 2.19. The predicted molar refractivity (Wildman–Crippen MR) is 86.2 cm³/mol. The molecular formula is C16H18FNO4S. The fraction of sp³-hybridized carbons (Fsp3) is 0.250. The minimum atomic E-state index is -3.89. The van der Waals surface area contributed by atoms with Crippen LogP contribution in [-0.4, -0.2) is 29.2 Å². The van der Waals surface area contributed by atoms with E-state index in [1.165, 1.54) is 30.7 Å². The van der Waals surface area contributed by atoms with Crippen LogP contribution in [0.4, 0.5) is 10.1 Å². The van der Waals surface area contributed by atoms with E-state index in [1.807, 2.05) is 0 Å². The van der Waals surface area contributed by atoms with Crippen molar-refractivity contribution < 1.29 is 22.3 Å². The first kappa shape index (κ1) is 17.1. The molecule has 0 saturated carbocycles. The molecule has 0 radical (unpaired) electrons. The van der Waals surface area contributed by atoms with Gasteiger partial charge in [0.25, 0.3) is 10.0 Å². The highest BCUT2D eigenvalue weighted by atomic mass is 32.2. The van der Waals surface area contributed by atoms with Gasteiger partial charge >= 0.3 is 0 Å². The SMILES string of the molecule is CCN(c1cccc(OC)c1)S(=O)(=O)c1ccc(OC)c(F)c1. The number of benzene rings is 2. The van der Waals surface area contributed by atoms with Crippen molar-refractivity contribution in [2.24, 2.45) is 0 Å². The lowest BCUT2D eigenvalue weighted by Crippen LogP contribution is -2.30. The van der Waals surface area contributed by atoms with E-state index in [-0.39, 0.29) is 17.2 Å². The summed E-state index contributed by atoms with van der Waals surface area (Å²) < 4.78 is 50.6. The standard InChI is InChI=1S/C16H18FNO4S/c1-4-18(12-6-5-7-13(10-12)21-2)23(19,20)14-8-9-16(22-3)15(17)11-14/h5-11H,4H2,1-3H3. The first-order chi connectivity index (χ1) is 10.9. The normalized spacial score (nSPS) is 11.1. The summed E-state index contributed by atoms with van der Waals surface area (Å²) in [5.74, 6) is -0.194. The Morgan fingerprint density at radius 3 is 2.39 bits per heavy atom. The van der Waals surface area contributed by atoms with Gasteiger partial charge in [-0.2, -0.15) is 0 Å². The molecule has 23 heavy (non-hydrogen) atoms. The molecule has 2 rings (SSSR count). The average molecular weight is 339 g/mol. The van der Waals surface area contributed by atoms with Gasteiger partial charge in [-0.1, -0.05) is 6.07 Å². The molecule has 0 aliphatic carbocycles. The maximum absolute atomic E-state index is 13.8. The molecule has 124 valence electrons. The highest BCUT2D eigenvalue weighted by Gasteiger charge is 2.25. The Kier molecular flexibility index (Phi) is 5.10. The summed E-state index contributed by atoms with van der Waals surface area (Å²) in [6.45, 7) is 1.90. The molecule has 7 heteroatoms. The Balaban J connectivity index is 2.48. The van der Waals surface area contributed by atoms with E-state index >= 15 is 0 Å². The maximum Gasteiger partial charge on any atom is 0.264 e. The maximum atomic E-state index is 13.8. The Labute approximate surface area is 135 Å². The van der Waals surface area contributed by atoms with Crippen molar-refractivity contribution in [2.45, 2.75) is 11.8 Å². The predicted octanol–water partition coefficient (Wildman–Crippen LogP) is 3.06. The van der Waals surface area contributed by atoms with E-state index in [4.69, 9.17) is 9.47 Å². The minimum Gasteiger partial charge on any atom is -0.497 e. The topological polar surface area (TPSA) is 55.8 Å². The number of hydrogen-bond acceptors (Lipinski definition) is 4. The third-order valence-corrected chi connectivity index (χ3v) is 5.24. The Hall–Kier alpha value is -2.28. The molecule has 0 amide bonds. The zero-order chi connectivity index (χ0) is 17.0. The van der Waals surface area contributed by atoms with Gasteiger partial charge in [0.2, 0.25) is 0 Å². The van der Waals surface area contributed by atoms with Gasteiger partial charge in [0.15, 0.2) is 11.6 Å². The van der Waals surface area contributed by atoms with Gasteiger partial charge < -0.3 is 9.47 Å². The van der Waals surface area contributed by atoms with Gasteiger partial charge in [-0.05, 0) is 37.3 Å². The van der Waals surface area contributed by atoms with Crippen molar-refractivity contribution >= 4 is 15.7 Å². The summed E-state index contributed by atoms with van der Waals surface area (Å²) >= 11 is 0. The summed E-state index contributed by atoms with van der Waals surface area (Å²) in [7, 11) is -1.07. The first-order valence-corrected chi connectivity index (χ1v) is 8.38. The highest BCUT2D eigenvalue weighted by Crippen LogP contribution is 2.28. The van der Waals surface area contributed by atoms with Gasteiger partial charge in [-0.3, -0.25) is 4.31 Å². The van der Waals surface area contributed by atoms with Crippen molar-refractivity contribution in [2.75, 3.05) is 25.1 Å². The first-order valence-electron chi connectivity index (χ1n) is 6.94. The lowest BCUT2D eigenvalue weighted by atomic mass is 10.3. The van der Waals surface area contributed by atoms with E-state index in [0.29, 0.717) is 11.4 Å². The third kappa shape index (κ3) is 3.39. The van der Waals surface area contributed by atoms with Crippen LogP contribution in [-0.2, 0) is 10.0 Å². The molecule has 2 aromatic carbocycles. The van der Waals surface area contributed by atoms with Gasteiger partial charge in [0, 0.05) is 12.6 Å². The van der Waals surface area contributed by atoms with Crippen LogP contribution >= 0.6 is 0 Å². The van der Waals surface area contributed by atoms with Crippen molar-refractivity contribution in [1.82, 2.24) is 0 Å². The van der Waals surface area contributed by atoms with Crippen LogP contribution in [0, 0.1) is 5.82 Å². The molecule has 0 spiro atoms. The van der Waals surface area contributed by atoms with Crippen LogP contribution in [0.15, 0.2) is 47.4 Å². The number of methoxy groups -OCH3 is 2. The highest BCUT2D eigenvalue weighted by molar-refractivity contribution is 7.92. The van der Waals surface area contributed by atoms with Crippen molar-refractivity contribution in [1.29, 1.82) is 0 Å². The number of anilines is 1. The zero-order valence-corrected chi connectivity index (χ0v) is 13.9. The number of halogens is 1. The largest absolute Gasteiger partial charge is 0.497 e. The molecule has 0 atom stereocenters. The van der Waals surface area contributed by atoms with Crippen molar-refractivity contribution in [3.8, 4) is 11.5 Å². The molecule has 0 aromatic heterocycles. The molecule has 2 aromatic rings. The molecule has 0 fully saturated rings. The molecule has 0 saturated heterocycles. The van der Waals surface area contributed by atoms with E-state index in [1.54, 1.807) is 31.2 Å². The second kappa shape index (κ2) is 6.87. The van der Waals surface area contributed by atoms with Crippen molar-refractivity contribution in [3.63, 3.8) is 0 Å². The van der Waals surface area contributed by atoms with Crippen LogP contribution in [0.2, 0.25) is 0 Å². The summed E-state index contributed by atoms with van der Waals surface area (Å²) in [6, 6.07) is 10.3. The Morgan fingerprint density at radius 1 is 1.09 bits per heavy atom.